The summed E-state index contributed by atoms with van der Waals surface area (Å²) in [6, 6.07) is 16.6. The van der Waals surface area contributed by atoms with E-state index in [4.69, 9.17) is 0 Å². The number of aromatic nitrogens is 3. The Morgan fingerprint density at radius 2 is 1.74 bits per heavy atom. The van der Waals surface area contributed by atoms with Gasteiger partial charge >= 0.3 is 0 Å². The number of nitrogens with one attached hydrogen (secondary N) is 1. The van der Waals surface area contributed by atoms with Gasteiger partial charge in [-0.2, -0.15) is 4.98 Å². The van der Waals surface area contributed by atoms with Gasteiger partial charge in [-0.05, 0) is 42.8 Å². The molecular formula is C21H24N6. The molecule has 0 saturated carbocycles. The minimum atomic E-state index is 0.616. The van der Waals surface area contributed by atoms with Crippen LogP contribution in [0.15, 0.2) is 60.9 Å². The maximum atomic E-state index is 4.68. The first-order valence-electron chi connectivity index (χ1n) is 9.31. The number of anilines is 3. The zero-order chi connectivity index (χ0) is 18.5. The topological polar surface area (TPSA) is 57.2 Å². The molecule has 0 aliphatic carbocycles. The van der Waals surface area contributed by atoms with Crippen LogP contribution in [-0.2, 0) is 6.54 Å². The van der Waals surface area contributed by atoms with E-state index in [0.29, 0.717) is 12.5 Å². The third-order valence-electron chi connectivity index (χ3n) is 4.77. The SMILES string of the molecule is Cc1cccc(N2CCN(c3ccnc(NCc4ccccn4)n3)CC2)c1. The summed E-state index contributed by atoms with van der Waals surface area (Å²) in [5.74, 6) is 1.61. The monoisotopic (exact) mass is 360 g/mol. The van der Waals surface area contributed by atoms with Crippen molar-refractivity contribution in [1.82, 2.24) is 15.0 Å². The van der Waals surface area contributed by atoms with Gasteiger partial charge in [-0.1, -0.05) is 18.2 Å². The molecule has 1 aliphatic rings. The van der Waals surface area contributed by atoms with Gasteiger partial charge in [0, 0.05) is 44.3 Å². The highest BCUT2D eigenvalue weighted by Crippen LogP contribution is 2.20. The van der Waals surface area contributed by atoms with Crippen molar-refractivity contribution in [3.8, 4) is 0 Å². The second-order valence-corrected chi connectivity index (χ2v) is 6.73. The highest BCUT2D eigenvalue weighted by Gasteiger charge is 2.18. The molecule has 3 aromatic rings. The van der Waals surface area contributed by atoms with Crippen LogP contribution in [0.4, 0.5) is 17.5 Å². The lowest BCUT2D eigenvalue weighted by Crippen LogP contribution is -2.46. The average Bonchev–Trinajstić information content (AvgIpc) is 2.73. The summed E-state index contributed by atoms with van der Waals surface area (Å²) in [6.45, 7) is 6.63. The summed E-state index contributed by atoms with van der Waals surface area (Å²) in [5.41, 5.74) is 3.57. The number of nitrogens with zero attached hydrogens (tertiary/aromatic N) is 5. The average molecular weight is 360 g/mol. The lowest BCUT2D eigenvalue weighted by Gasteiger charge is -2.36. The first-order valence-corrected chi connectivity index (χ1v) is 9.31. The lowest BCUT2D eigenvalue weighted by atomic mass is 10.2. The van der Waals surface area contributed by atoms with Crippen molar-refractivity contribution in [1.29, 1.82) is 0 Å². The highest BCUT2D eigenvalue weighted by molar-refractivity contribution is 5.51. The molecule has 0 bridgehead atoms. The van der Waals surface area contributed by atoms with Crippen molar-refractivity contribution in [2.24, 2.45) is 0 Å². The van der Waals surface area contributed by atoms with E-state index in [0.717, 1.165) is 37.7 Å². The van der Waals surface area contributed by atoms with Gasteiger partial charge in [-0.3, -0.25) is 4.98 Å². The molecule has 0 unspecified atom stereocenters. The first kappa shape index (κ1) is 17.3. The Morgan fingerprint density at radius 1 is 0.889 bits per heavy atom. The molecule has 0 radical (unpaired) electrons. The van der Waals surface area contributed by atoms with Gasteiger partial charge in [-0.15, -0.1) is 0 Å². The predicted molar refractivity (Wildman–Crippen MR) is 109 cm³/mol. The molecule has 4 rings (SSSR count). The Bertz CT molecular complexity index is 875. The molecule has 6 nitrogen and oxygen atoms in total. The molecule has 0 atom stereocenters. The third-order valence-corrected chi connectivity index (χ3v) is 4.77. The van der Waals surface area contributed by atoms with Crippen LogP contribution in [-0.4, -0.2) is 41.1 Å². The fourth-order valence-corrected chi connectivity index (χ4v) is 3.30. The van der Waals surface area contributed by atoms with Gasteiger partial charge in [0.1, 0.15) is 5.82 Å². The van der Waals surface area contributed by atoms with E-state index in [9.17, 15) is 0 Å². The molecule has 138 valence electrons. The molecule has 27 heavy (non-hydrogen) atoms. The summed E-state index contributed by atoms with van der Waals surface area (Å²) < 4.78 is 0. The Hall–Kier alpha value is -3.15. The van der Waals surface area contributed by atoms with Gasteiger partial charge in [0.2, 0.25) is 5.95 Å². The maximum Gasteiger partial charge on any atom is 0.224 e. The number of hydrogen-bond acceptors (Lipinski definition) is 6. The minimum absolute atomic E-state index is 0.616. The second kappa shape index (κ2) is 8.03. The summed E-state index contributed by atoms with van der Waals surface area (Å²) in [7, 11) is 0. The summed E-state index contributed by atoms with van der Waals surface area (Å²) >= 11 is 0. The third kappa shape index (κ3) is 4.34. The van der Waals surface area contributed by atoms with Crippen LogP contribution in [0.2, 0.25) is 0 Å². The van der Waals surface area contributed by atoms with Crippen molar-refractivity contribution >= 4 is 17.5 Å². The first-order chi connectivity index (χ1) is 13.3. The van der Waals surface area contributed by atoms with Crippen LogP contribution in [0.25, 0.3) is 0 Å². The molecule has 3 heterocycles. The number of rotatable bonds is 5. The van der Waals surface area contributed by atoms with Crippen LogP contribution in [0, 0.1) is 6.92 Å². The van der Waals surface area contributed by atoms with Crippen LogP contribution in [0.3, 0.4) is 0 Å². The largest absolute Gasteiger partial charge is 0.368 e. The number of hydrogen-bond donors (Lipinski definition) is 1. The van der Waals surface area contributed by atoms with Gasteiger partial charge in [0.25, 0.3) is 0 Å². The minimum Gasteiger partial charge on any atom is -0.368 e. The zero-order valence-electron chi connectivity index (χ0n) is 15.5. The zero-order valence-corrected chi connectivity index (χ0v) is 15.5. The van der Waals surface area contributed by atoms with Crippen molar-refractivity contribution in [2.75, 3.05) is 41.3 Å². The van der Waals surface area contributed by atoms with E-state index in [2.05, 4.69) is 61.3 Å². The van der Waals surface area contributed by atoms with E-state index in [1.807, 2.05) is 30.5 Å². The summed E-state index contributed by atoms with van der Waals surface area (Å²) in [6.07, 6.45) is 3.61. The lowest BCUT2D eigenvalue weighted by molar-refractivity contribution is 0.647. The quantitative estimate of drug-likeness (QED) is 0.754. The van der Waals surface area contributed by atoms with E-state index >= 15 is 0 Å². The highest BCUT2D eigenvalue weighted by atomic mass is 15.3. The summed E-state index contributed by atoms with van der Waals surface area (Å²) in [4.78, 5) is 18.1. The van der Waals surface area contributed by atoms with Crippen molar-refractivity contribution < 1.29 is 0 Å². The van der Waals surface area contributed by atoms with Gasteiger partial charge < -0.3 is 15.1 Å². The molecule has 1 fully saturated rings. The molecule has 6 heteroatoms. The van der Waals surface area contributed by atoms with Crippen LogP contribution in [0.5, 0.6) is 0 Å². The normalized spacial score (nSPS) is 14.3. The molecule has 0 spiro atoms. The predicted octanol–water partition coefficient (Wildman–Crippen LogP) is 3.12. The van der Waals surface area contributed by atoms with Crippen LogP contribution >= 0.6 is 0 Å². The number of benzene rings is 1. The van der Waals surface area contributed by atoms with Crippen LogP contribution < -0.4 is 15.1 Å². The maximum absolute atomic E-state index is 4.68. The van der Waals surface area contributed by atoms with Crippen molar-refractivity contribution in [3.05, 3.63) is 72.2 Å². The van der Waals surface area contributed by atoms with E-state index in [1.54, 1.807) is 6.20 Å². The summed E-state index contributed by atoms with van der Waals surface area (Å²) in [5, 5.41) is 3.26. The molecule has 1 aromatic carbocycles. The number of aryl methyl sites for hydroxylation is 1. The van der Waals surface area contributed by atoms with Gasteiger partial charge in [0.15, 0.2) is 0 Å². The molecular weight excluding hydrogens is 336 g/mol. The molecule has 1 N–H and O–H groups in total. The smallest absolute Gasteiger partial charge is 0.224 e. The Balaban J connectivity index is 1.37. The standard InChI is InChI=1S/C21H24N6/c1-17-5-4-7-19(15-17)26-11-13-27(14-12-26)20-8-10-23-21(25-20)24-16-18-6-2-3-9-22-18/h2-10,15H,11-14,16H2,1H3,(H,23,24,25). The fourth-order valence-electron chi connectivity index (χ4n) is 3.30. The van der Waals surface area contributed by atoms with E-state index < -0.39 is 0 Å². The van der Waals surface area contributed by atoms with E-state index in [-0.39, 0.29) is 0 Å². The Labute approximate surface area is 159 Å². The molecule has 1 saturated heterocycles. The molecule has 1 aliphatic heterocycles. The second-order valence-electron chi connectivity index (χ2n) is 6.73. The Morgan fingerprint density at radius 3 is 2.52 bits per heavy atom. The van der Waals surface area contributed by atoms with Crippen molar-refractivity contribution in [2.45, 2.75) is 13.5 Å². The molecule has 0 amide bonds. The van der Waals surface area contributed by atoms with Crippen molar-refractivity contribution in [3.63, 3.8) is 0 Å². The van der Waals surface area contributed by atoms with Crippen LogP contribution in [0.1, 0.15) is 11.3 Å². The number of pyridine rings is 1. The Kier molecular flexibility index (Phi) is 5.14. The van der Waals surface area contributed by atoms with E-state index in [1.165, 1.54) is 11.3 Å². The fraction of sp³-hybridized carbons (Fsp3) is 0.286. The van der Waals surface area contributed by atoms with Gasteiger partial charge in [-0.25, -0.2) is 4.98 Å². The molecule has 2 aromatic heterocycles. The van der Waals surface area contributed by atoms with Gasteiger partial charge in [0.05, 0.1) is 12.2 Å². The number of piperazine rings is 1.